The number of allylic oxidation sites excluding steroid dienone is 3. The number of hydrogen-bond acceptors (Lipinski definition) is 0. The third-order valence-electron chi connectivity index (χ3n) is 5.92. The lowest BCUT2D eigenvalue weighted by atomic mass is 10.0. The van der Waals surface area contributed by atoms with Crippen molar-refractivity contribution < 1.29 is 0 Å². The first-order chi connectivity index (χ1) is 13.9. The van der Waals surface area contributed by atoms with Gasteiger partial charge >= 0.3 is 0 Å². The minimum absolute atomic E-state index is 1.20. The molecule has 0 bridgehead atoms. The van der Waals surface area contributed by atoms with E-state index in [1.165, 1.54) is 148 Å². The van der Waals surface area contributed by atoms with Gasteiger partial charge in [-0.2, -0.15) is 0 Å². The maximum atomic E-state index is 3.79. The summed E-state index contributed by atoms with van der Waals surface area (Å²) in [6.45, 7) is 6.08. The van der Waals surface area contributed by atoms with Crippen LogP contribution in [0.4, 0.5) is 0 Å². The summed E-state index contributed by atoms with van der Waals surface area (Å²) in [5.74, 6) is 0. The number of unbranched alkanes of at least 4 members (excludes halogenated alkanes) is 21. The van der Waals surface area contributed by atoms with Gasteiger partial charge in [0.1, 0.15) is 0 Å². The summed E-state index contributed by atoms with van der Waals surface area (Å²) < 4.78 is 0. The lowest BCUT2D eigenvalue weighted by Crippen LogP contribution is -1.83. The van der Waals surface area contributed by atoms with Crippen molar-refractivity contribution in [1.82, 2.24) is 0 Å². The molecule has 0 radical (unpaired) electrons. The van der Waals surface area contributed by atoms with Crippen LogP contribution in [-0.2, 0) is 0 Å². The van der Waals surface area contributed by atoms with Gasteiger partial charge in [-0.15, -0.1) is 6.58 Å². The molecular formula is C28H54. The molecule has 0 heterocycles. The largest absolute Gasteiger partial charge is 0.103 e. The topological polar surface area (TPSA) is 0 Å². The first kappa shape index (κ1) is 27.5. The molecule has 0 heteroatoms. The molecule has 0 saturated heterocycles. The first-order valence-electron chi connectivity index (χ1n) is 13.2. The molecule has 0 saturated carbocycles. The van der Waals surface area contributed by atoms with E-state index in [-0.39, 0.29) is 0 Å². The van der Waals surface area contributed by atoms with Crippen LogP contribution in [-0.4, -0.2) is 0 Å². The van der Waals surface area contributed by atoms with Gasteiger partial charge in [0.25, 0.3) is 0 Å². The summed E-state index contributed by atoms with van der Waals surface area (Å²) in [7, 11) is 0. The monoisotopic (exact) mass is 390 g/mol. The summed E-state index contributed by atoms with van der Waals surface area (Å²) in [6.07, 6.45) is 39.4. The van der Waals surface area contributed by atoms with Gasteiger partial charge in [-0.05, 0) is 38.5 Å². The lowest BCUT2D eigenvalue weighted by Gasteiger charge is -2.03. The molecular weight excluding hydrogens is 336 g/mol. The third kappa shape index (κ3) is 25.5. The van der Waals surface area contributed by atoms with Crippen LogP contribution in [0.2, 0.25) is 0 Å². The number of hydrogen-bond donors (Lipinski definition) is 0. The molecule has 0 aliphatic heterocycles. The molecule has 0 spiro atoms. The van der Waals surface area contributed by atoms with Crippen molar-refractivity contribution >= 4 is 0 Å². The zero-order valence-electron chi connectivity index (χ0n) is 19.7. The highest BCUT2D eigenvalue weighted by Gasteiger charge is 1.94. The standard InChI is InChI=1S/C28H54/c1-3-5-7-9-11-13-15-17-19-21-23-25-27-28-26-24-22-20-18-16-14-12-10-8-6-4-2/h3,18,20H,1,4-17,19,21-28H2,2H3. The van der Waals surface area contributed by atoms with E-state index in [1.54, 1.807) is 0 Å². The molecule has 0 unspecified atom stereocenters. The van der Waals surface area contributed by atoms with Crippen molar-refractivity contribution in [3.05, 3.63) is 24.8 Å². The maximum absolute atomic E-state index is 3.79. The second-order valence-corrected chi connectivity index (χ2v) is 8.84. The van der Waals surface area contributed by atoms with E-state index in [0.29, 0.717) is 0 Å². The van der Waals surface area contributed by atoms with Gasteiger partial charge in [-0.25, -0.2) is 0 Å². The molecule has 0 aliphatic carbocycles. The average molecular weight is 391 g/mol. The highest BCUT2D eigenvalue weighted by Crippen LogP contribution is 2.14. The van der Waals surface area contributed by atoms with Gasteiger partial charge in [0.15, 0.2) is 0 Å². The van der Waals surface area contributed by atoms with Crippen molar-refractivity contribution in [2.24, 2.45) is 0 Å². The van der Waals surface area contributed by atoms with Crippen LogP contribution in [0.15, 0.2) is 24.8 Å². The van der Waals surface area contributed by atoms with Gasteiger partial charge in [0.2, 0.25) is 0 Å². The van der Waals surface area contributed by atoms with Crippen LogP contribution in [0.1, 0.15) is 155 Å². The minimum atomic E-state index is 1.20. The molecule has 0 atom stereocenters. The fourth-order valence-electron chi connectivity index (χ4n) is 3.95. The molecule has 0 N–H and O–H groups in total. The summed E-state index contributed by atoms with van der Waals surface area (Å²) >= 11 is 0. The van der Waals surface area contributed by atoms with Gasteiger partial charge in [-0.1, -0.05) is 134 Å². The third-order valence-corrected chi connectivity index (χ3v) is 5.92. The smallest absolute Gasteiger partial charge is 0.0351 e. The Bertz CT molecular complexity index is 301. The van der Waals surface area contributed by atoms with Crippen molar-refractivity contribution in [2.45, 2.75) is 155 Å². The van der Waals surface area contributed by atoms with Crippen LogP contribution in [0.25, 0.3) is 0 Å². The second-order valence-electron chi connectivity index (χ2n) is 8.84. The van der Waals surface area contributed by atoms with E-state index >= 15 is 0 Å². The van der Waals surface area contributed by atoms with Crippen LogP contribution < -0.4 is 0 Å². The normalized spacial score (nSPS) is 11.5. The Balaban J connectivity index is 3.04. The molecule has 0 rings (SSSR count). The Labute approximate surface area is 179 Å². The summed E-state index contributed by atoms with van der Waals surface area (Å²) in [5.41, 5.74) is 0. The highest BCUT2D eigenvalue weighted by molar-refractivity contribution is 4.81. The number of rotatable bonds is 24. The van der Waals surface area contributed by atoms with Crippen LogP contribution >= 0.6 is 0 Å². The summed E-state index contributed by atoms with van der Waals surface area (Å²) in [6, 6.07) is 0. The van der Waals surface area contributed by atoms with E-state index < -0.39 is 0 Å². The summed E-state index contributed by atoms with van der Waals surface area (Å²) in [5, 5.41) is 0. The quantitative estimate of drug-likeness (QED) is 0.113. The predicted octanol–water partition coefficient (Wildman–Crippen LogP) is 10.7. The predicted molar refractivity (Wildman–Crippen MR) is 131 cm³/mol. The Morgan fingerprint density at radius 3 is 1.00 bits per heavy atom. The minimum Gasteiger partial charge on any atom is -0.103 e. The van der Waals surface area contributed by atoms with E-state index in [4.69, 9.17) is 0 Å². The molecule has 28 heavy (non-hydrogen) atoms. The molecule has 0 fully saturated rings. The molecule has 0 nitrogen and oxygen atoms in total. The van der Waals surface area contributed by atoms with E-state index in [2.05, 4.69) is 31.7 Å². The molecule has 0 aromatic carbocycles. The Morgan fingerprint density at radius 1 is 0.393 bits per heavy atom. The molecule has 166 valence electrons. The Hall–Kier alpha value is -0.520. The molecule has 0 amide bonds. The van der Waals surface area contributed by atoms with Gasteiger partial charge in [0, 0.05) is 0 Å². The zero-order chi connectivity index (χ0) is 20.4. The van der Waals surface area contributed by atoms with Crippen LogP contribution in [0.3, 0.4) is 0 Å². The van der Waals surface area contributed by atoms with Crippen molar-refractivity contribution in [3.8, 4) is 0 Å². The Kier molecular flexibility index (Phi) is 26.0. The van der Waals surface area contributed by atoms with E-state index in [9.17, 15) is 0 Å². The first-order valence-corrected chi connectivity index (χ1v) is 13.2. The van der Waals surface area contributed by atoms with E-state index in [1.807, 2.05) is 0 Å². The zero-order valence-corrected chi connectivity index (χ0v) is 19.7. The van der Waals surface area contributed by atoms with Crippen LogP contribution in [0.5, 0.6) is 0 Å². The Morgan fingerprint density at radius 2 is 0.679 bits per heavy atom. The van der Waals surface area contributed by atoms with Crippen molar-refractivity contribution in [1.29, 1.82) is 0 Å². The highest BCUT2D eigenvalue weighted by atomic mass is 14.0. The van der Waals surface area contributed by atoms with Gasteiger partial charge < -0.3 is 0 Å². The van der Waals surface area contributed by atoms with Gasteiger partial charge in [-0.3, -0.25) is 0 Å². The molecule has 0 aliphatic rings. The van der Waals surface area contributed by atoms with Crippen molar-refractivity contribution in [3.63, 3.8) is 0 Å². The van der Waals surface area contributed by atoms with Crippen LogP contribution in [0, 0.1) is 0 Å². The summed E-state index contributed by atoms with van der Waals surface area (Å²) in [4.78, 5) is 0. The fourth-order valence-corrected chi connectivity index (χ4v) is 3.95. The van der Waals surface area contributed by atoms with Crippen molar-refractivity contribution in [2.75, 3.05) is 0 Å². The SMILES string of the molecule is C=CCCCCCCCCCCCCCCCCC=CCCCCCCCC. The fraction of sp³-hybridized carbons (Fsp3) is 0.857. The maximum Gasteiger partial charge on any atom is -0.0351 e. The van der Waals surface area contributed by atoms with E-state index in [0.717, 1.165) is 0 Å². The second kappa shape index (κ2) is 26.5. The molecule has 0 aromatic heterocycles. The average Bonchev–Trinajstić information content (AvgIpc) is 2.71. The molecule has 0 aromatic rings. The lowest BCUT2D eigenvalue weighted by molar-refractivity contribution is 0.534. The van der Waals surface area contributed by atoms with Gasteiger partial charge in [0.05, 0.1) is 0 Å².